The summed E-state index contributed by atoms with van der Waals surface area (Å²) in [6.45, 7) is 8.35. The van der Waals surface area contributed by atoms with Gasteiger partial charge in [-0.05, 0) is 31.0 Å². The predicted molar refractivity (Wildman–Crippen MR) is 82.4 cm³/mol. The molecule has 0 spiro atoms. The fourth-order valence-corrected chi connectivity index (χ4v) is 2.89. The van der Waals surface area contributed by atoms with Crippen molar-refractivity contribution in [2.45, 2.75) is 13.8 Å². The zero-order valence-corrected chi connectivity index (χ0v) is 12.1. The summed E-state index contributed by atoms with van der Waals surface area (Å²) in [5.74, 6) is 0.841. The monoisotopic (exact) mass is 268 g/mol. The standard InChI is InChI=1S/C16H20N4/c1-13-5-3-6-14(2)15(13)19-9-11-20(12-10-19)16-17-7-4-8-18-16/h3-8H,9-12H2,1-2H3. The van der Waals surface area contributed by atoms with Gasteiger partial charge in [0.1, 0.15) is 0 Å². The second kappa shape index (κ2) is 5.49. The summed E-state index contributed by atoms with van der Waals surface area (Å²) < 4.78 is 0. The molecular weight excluding hydrogens is 248 g/mol. The topological polar surface area (TPSA) is 32.3 Å². The number of hydrogen-bond donors (Lipinski definition) is 0. The van der Waals surface area contributed by atoms with Crippen LogP contribution in [0.1, 0.15) is 11.1 Å². The maximum Gasteiger partial charge on any atom is 0.225 e. The molecule has 3 rings (SSSR count). The van der Waals surface area contributed by atoms with E-state index in [4.69, 9.17) is 0 Å². The molecule has 0 saturated carbocycles. The number of benzene rings is 1. The fraction of sp³-hybridized carbons (Fsp3) is 0.375. The Labute approximate surface area is 120 Å². The lowest BCUT2D eigenvalue weighted by atomic mass is 10.1. The van der Waals surface area contributed by atoms with Gasteiger partial charge in [-0.3, -0.25) is 0 Å². The lowest BCUT2D eigenvalue weighted by Crippen LogP contribution is -2.47. The quantitative estimate of drug-likeness (QED) is 0.837. The highest BCUT2D eigenvalue weighted by Crippen LogP contribution is 2.26. The van der Waals surface area contributed by atoms with Gasteiger partial charge >= 0.3 is 0 Å². The molecule has 2 aromatic rings. The van der Waals surface area contributed by atoms with E-state index in [2.05, 4.69) is 51.8 Å². The van der Waals surface area contributed by atoms with Crippen molar-refractivity contribution in [2.24, 2.45) is 0 Å². The van der Waals surface area contributed by atoms with Crippen molar-refractivity contribution in [2.75, 3.05) is 36.0 Å². The van der Waals surface area contributed by atoms with Crippen molar-refractivity contribution in [3.63, 3.8) is 0 Å². The van der Waals surface area contributed by atoms with Crippen LogP contribution >= 0.6 is 0 Å². The molecule has 2 heterocycles. The Morgan fingerprint density at radius 1 is 0.800 bits per heavy atom. The zero-order valence-electron chi connectivity index (χ0n) is 12.1. The summed E-state index contributed by atoms with van der Waals surface area (Å²) in [5.41, 5.74) is 4.10. The van der Waals surface area contributed by atoms with Crippen molar-refractivity contribution < 1.29 is 0 Å². The van der Waals surface area contributed by atoms with E-state index in [0.717, 1.165) is 32.1 Å². The normalized spacial score (nSPS) is 15.5. The molecule has 1 aromatic heterocycles. The number of para-hydroxylation sites is 1. The summed E-state index contributed by atoms with van der Waals surface area (Å²) >= 11 is 0. The van der Waals surface area contributed by atoms with Crippen molar-refractivity contribution in [1.82, 2.24) is 9.97 Å². The molecule has 4 nitrogen and oxygen atoms in total. The number of aryl methyl sites for hydroxylation is 2. The molecule has 1 aliphatic heterocycles. The molecule has 1 aliphatic rings. The smallest absolute Gasteiger partial charge is 0.225 e. The molecule has 0 amide bonds. The van der Waals surface area contributed by atoms with E-state index in [9.17, 15) is 0 Å². The van der Waals surface area contributed by atoms with Gasteiger partial charge in [-0.15, -0.1) is 0 Å². The van der Waals surface area contributed by atoms with Gasteiger partial charge in [0.05, 0.1) is 0 Å². The van der Waals surface area contributed by atoms with E-state index >= 15 is 0 Å². The first-order valence-electron chi connectivity index (χ1n) is 7.09. The molecule has 1 aromatic carbocycles. The Kier molecular flexibility index (Phi) is 3.54. The highest BCUT2D eigenvalue weighted by molar-refractivity contribution is 5.59. The van der Waals surface area contributed by atoms with Gasteiger partial charge in [0.15, 0.2) is 0 Å². The summed E-state index contributed by atoms with van der Waals surface area (Å²) in [4.78, 5) is 13.4. The van der Waals surface area contributed by atoms with Crippen LogP contribution < -0.4 is 9.80 Å². The third-order valence-electron chi connectivity index (χ3n) is 3.87. The largest absolute Gasteiger partial charge is 0.368 e. The van der Waals surface area contributed by atoms with E-state index < -0.39 is 0 Å². The van der Waals surface area contributed by atoms with Crippen LogP contribution in [0.5, 0.6) is 0 Å². The lowest BCUT2D eigenvalue weighted by Gasteiger charge is -2.37. The molecule has 20 heavy (non-hydrogen) atoms. The van der Waals surface area contributed by atoms with Gasteiger partial charge in [0.2, 0.25) is 5.95 Å². The van der Waals surface area contributed by atoms with Crippen molar-refractivity contribution in [3.05, 3.63) is 47.8 Å². The maximum atomic E-state index is 4.33. The first-order valence-corrected chi connectivity index (χ1v) is 7.09. The Balaban J connectivity index is 1.73. The molecule has 0 N–H and O–H groups in total. The summed E-state index contributed by atoms with van der Waals surface area (Å²) in [6.07, 6.45) is 3.61. The Morgan fingerprint density at radius 3 is 1.95 bits per heavy atom. The van der Waals surface area contributed by atoms with Crippen LogP contribution in [-0.2, 0) is 0 Å². The predicted octanol–water partition coefficient (Wildman–Crippen LogP) is 2.42. The molecule has 104 valence electrons. The van der Waals surface area contributed by atoms with Gasteiger partial charge in [-0.25, -0.2) is 9.97 Å². The number of aromatic nitrogens is 2. The van der Waals surface area contributed by atoms with E-state index in [0.29, 0.717) is 0 Å². The highest BCUT2D eigenvalue weighted by atomic mass is 15.3. The number of anilines is 2. The van der Waals surface area contributed by atoms with Crippen LogP contribution in [0.3, 0.4) is 0 Å². The van der Waals surface area contributed by atoms with E-state index in [-0.39, 0.29) is 0 Å². The molecule has 0 aliphatic carbocycles. The first-order chi connectivity index (χ1) is 9.75. The average Bonchev–Trinajstić information content (AvgIpc) is 2.49. The number of piperazine rings is 1. The lowest BCUT2D eigenvalue weighted by molar-refractivity contribution is 0.638. The van der Waals surface area contributed by atoms with Crippen LogP contribution in [-0.4, -0.2) is 36.1 Å². The fourth-order valence-electron chi connectivity index (χ4n) is 2.89. The van der Waals surface area contributed by atoms with Crippen LogP contribution in [0.4, 0.5) is 11.6 Å². The SMILES string of the molecule is Cc1cccc(C)c1N1CCN(c2ncccn2)CC1. The first kappa shape index (κ1) is 12.9. The van der Waals surface area contributed by atoms with Gasteiger partial charge < -0.3 is 9.80 Å². The highest BCUT2D eigenvalue weighted by Gasteiger charge is 2.20. The molecular formula is C16H20N4. The minimum Gasteiger partial charge on any atom is -0.368 e. The summed E-state index contributed by atoms with van der Waals surface area (Å²) in [7, 11) is 0. The van der Waals surface area contributed by atoms with Gasteiger partial charge in [-0.1, -0.05) is 18.2 Å². The summed E-state index contributed by atoms with van der Waals surface area (Å²) in [6, 6.07) is 8.36. The number of rotatable bonds is 2. The van der Waals surface area contributed by atoms with Crippen LogP contribution in [0.15, 0.2) is 36.7 Å². The van der Waals surface area contributed by atoms with Gasteiger partial charge in [0, 0.05) is 44.3 Å². The Hall–Kier alpha value is -2.10. The van der Waals surface area contributed by atoms with Crippen molar-refractivity contribution >= 4 is 11.6 Å². The van der Waals surface area contributed by atoms with Crippen molar-refractivity contribution in [3.8, 4) is 0 Å². The molecule has 0 atom stereocenters. The minimum atomic E-state index is 0.841. The maximum absolute atomic E-state index is 4.33. The van der Waals surface area contributed by atoms with Crippen LogP contribution in [0.2, 0.25) is 0 Å². The zero-order chi connectivity index (χ0) is 13.9. The second-order valence-electron chi connectivity index (χ2n) is 5.26. The van der Waals surface area contributed by atoms with E-state index in [1.165, 1.54) is 16.8 Å². The molecule has 0 bridgehead atoms. The average molecular weight is 268 g/mol. The number of nitrogens with zero attached hydrogens (tertiary/aromatic N) is 4. The van der Waals surface area contributed by atoms with E-state index in [1.54, 1.807) is 12.4 Å². The van der Waals surface area contributed by atoms with E-state index in [1.807, 2.05) is 6.07 Å². The van der Waals surface area contributed by atoms with Crippen LogP contribution in [0, 0.1) is 13.8 Å². The molecule has 0 radical (unpaired) electrons. The second-order valence-corrected chi connectivity index (χ2v) is 5.26. The summed E-state index contributed by atoms with van der Waals surface area (Å²) in [5, 5.41) is 0. The number of hydrogen-bond acceptors (Lipinski definition) is 4. The molecule has 1 fully saturated rings. The third-order valence-corrected chi connectivity index (χ3v) is 3.87. The van der Waals surface area contributed by atoms with Crippen LogP contribution in [0.25, 0.3) is 0 Å². The van der Waals surface area contributed by atoms with Crippen molar-refractivity contribution in [1.29, 1.82) is 0 Å². The molecule has 0 unspecified atom stereocenters. The van der Waals surface area contributed by atoms with Gasteiger partial charge in [-0.2, -0.15) is 0 Å². The molecule has 4 heteroatoms. The third kappa shape index (κ3) is 2.46. The molecule has 1 saturated heterocycles. The minimum absolute atomic E-state index is 0.841. The Morgan fingerprint density at radius 2 is 1.35 bits per heavy atom. The Bertz CT molecular complexity index is 554. The van der Waals surface area contributed by atoms with Gasteiger partial charge in [0.25, 0.3) is 0 Å².